The zero-order valence-electron chi connectivity index (χ0n) is 17.0. The quantitative estimate of drug-likeness (QED) is 0.739. The van der Waals surface area contributed by atoms with Crippen LogP contribution in [0.3, 0.4) is 0 Å². The average molecular weight is 453 g/mol. The summed E-state index contributed by atoms with van der Waals surface area (Å²) in [7, 11) is 1.28. The van der Waals surface area contributed by atoms with E-state index in [9.17, 15) is 18.4 Å². The molecule has 0 saturated heterocycles. The number of rotatable bonds is 3. The number of aromatic amines is 1. The highest BCUT2D eigenvalue weighted by Gasteiger charge is 2.45. The number of halogens is 3. The van der Waals surface area contributed by atoms with E-state index in [4.69, 9.17) is 10.5 Å². The Morgan fingerprint density at radius 2 is 2.03 bits per heavy atom. The zero-order valence-corrected chi connectivity index (χ0v) is 17.8. The number of H-pyrrole nitrogens is 1. The van der Waals surface area contributed by atoms with Crippen LogP contribution < -0.4 is 27.6 Å². The first kappa shape index (κ1) is 20.6. The predicted octanol–water partition coefficient (Wildman–Crippen LogP) is 1.57. The van der Waals surface area contributed by atoms with Crippen molar-refractivity contribution in [3.8, 4) is 0 Å². The monoisotopic (exact) mass is 453 g/mol. The van der Waals surface area contributed by atoms with Crippen molar-refractivity contribution < 1.29 is 17.9 Å². The Morgan fingerprint density at radius 3 is 2.68 bits per heavy atom. The van der Waals surface area contributed by atoms with Crippen LogP contribution in [0, 0.1) is 0 Å². The van der Waals surface area contributed by atoms with Crippen molar-refractivity contribution in [3.05, 3.63) is 52.8 Å². The largest absolute Gasteiger partial charge is 0.497 e. The van der Waals surface area contributed by atoms with Crippen molar-refractivity contribution in [3.63, 3.8) is 0 Å². The number of thiophene rings is 1. The van der Waals surface area contributed by atoms with E-state index in [2.05, 4.69) is 4.98 Å². The SMILES string of the molecule is COC1=c2c(=O)[nH]c(=O)n(C3CC3)c2=C(C)C(c2cc3c(s2)CCC(F)(F)C3N)C1F. The van der Waals surface area contributed by atoms with Crippen LogP contribution in [0.15, 0.2) is 15.7 Å². The molecule has 6 nitrogen and oxygen atoms in total. The summed E-state index contributed by atoms with van der Waals surface area (Å²) < 4.78 is 50.9. The number of aryl methyl sites for hydroxylation is 1. The number of nitrogens with zero attached hydrogens (tertiary/aromatic N) is 1. The number of ether oxygens (including phenoxy) is 1. The summed E-state index contributed by atoms with van der Waals surface area (Å²) in [6.45, 7) is 1.69. The molecule has 3 N–H and O–H groups in total. The van der Waals surface area contributed by atoms with Gasteiger partial charge < -0.3 is 10.5 Å². The summed E-state index contributed by atoms with van der Waals surface area (Å²) in [4.78, 5) is 28.7. The number of hydrogen-bond acceptors (Lipinski definition) is 5. The van der Waals surface area contributed by atoms with Crippen LogP contribution in [-0.4, -0.2) is 28.8 Å². The van der Waals surface area contributed by atoms with Gasteiger partial charge in [0, 0.05) is 22.2 Å². The van der Waals surface area contributed by atoms with Gasteiger partial charge in [-0.2, -0.15) is 0 Å². The molecule has 0 aliphatic heterocycles. The predicted molar refractivity (Wildman–Crippen MR) is 110 cm³/mol. The normalized spacial score (nSPS) is 27.1. The van der Waals surface area contributed by atoms with Crippen molar-refractivity contribution >= 4 is 22.7 Å². The first-order valence-corrected chi connectivity index (χ1v) is 11.0. The second kappa shape index (κ2) is 6.83. The van der Waals surface area contributed by atoms with Gasteiger partial charge in [0.2, 0.25) is 0 Å². The highest BCUT2D eigenvalue weighted by Crippen LogP contribution is 2.47. The van der Waals surface area contributed by atoms with Gasteiger partial charge in [0.1, 0.15) is 11.0 Å². The first-order valence-electron chi connectivity index (χ1n) is 10.2. The third-order valence-electron chi connectivity index (χ3n) is 6.55. The molecule has 31 heavy (non-hydrogen) atoms. The minimum absolute atomic E-state index is 0.0276. The molecule has 5 rings (SSSR count). The lowest BCUT2D eigenvalue weighted by Crippen LogP contribution is -2.58. The highest BCUT2D eigenvalue weighted by molar-refractivity contribution is 7.12. The Labute approximate surface area is 178 Å². The molecule has 0 amide bonds. The Morgan fingerprint density at radius 1 is 1.32 bits per heavy atom. The Bertz CT molecular complexity index is 1320. The van der Waals surface area contributed by atoms with Gasteiger partial charge in [0.25, 0.3) is 11.5 Å². The summed E-state index contributed by atoms with van der Waals surface area (Å²) in [6.07, 6.45) is -0.292. The van der Waals surface area contributed by atoms with Crippen LogP contribution in [0.2, 0.25) is 0 Å². The molecule has 0 aromatic carbocycles. The lowest BCUT2D eigenvalue weighted by atomic mass is 9.85. The standard InChI is InChI=1S/C21H22F3N3O3S/c1-8-13(12-7-10-11(31-12)5-6-21(23,24)18(10)25)15(22)17(30-2)14-16(8)27(9-3-4-9)20(29)26-19(14)28/h7,9,13,15,18H,3-6,25H2,1-2H3,(H,26,28,29). The molecule has 3 aliphatic rings. The molecule has 10 heteroatoms. The molecule has 3 unspecified atom stereocenters. The smallest absolute Gasteiger partial charge is 0.329 e. The van der Waals surface area contributed by atoms with Gasteiger partial charge in [0.05, 0.1) is 24.4 Å². The lowest BCUT2D eigenvalue weighted by molar-refractivity contribution is -0.0392. The number of nitrogens with two attached hydrogens (primary N) is 1. The number of hydrogen-bond donors (Lipinski definition) is 2. The maximum atomic E-state index is 15.8. The van der Waals surface area contributed by atoms with Crippen molar-refractivity contribution in [2.75, 3.05) is 7.11 Å². The minimum atomic E-state index is -3.01. The fourth-order valence-corrected chi connectivity index (χ4v) is 6.22. The summed E-state index contributed by atoms with van der Waals surface area (Å²) >= 11 is 1.26. The average Bonchev–Trinajstić information content (AvgIpc) is 3.45. The third-order valence-corrected chi connectivity index (χ3v) is 7.84. The molecule has 3 aliphatic carbocycles. The van der Waals surface area contributed by atoms with Crippen molar-refractivity contribution in [2.24, 2.45) is 5.73 Å². The van der Waals surface area contributed by atoms with E-state index in [1.807, 2.05) is 0 Å². The Kier molecular flexibility index (Phi) is 4.53. The van der Waals surface area contributed by atoms with E-state index in [0.717, 1.165) is 17.7 Å². The van der Waals surface area contributed by atoms with E-state index < -0.39 is 35.3 Å². The summed E-state index contributed by atoms with van der Waals surface area (Å²) in [6, 6.07) is 0.0595. The van der Waals surface area contributed by atoms with E-state index in [-0.39, 0.29) is 29.9 Å². The Hall–Kier alpha value is -2.33. The van der Waals surface area contributed by atoms with E-state index in [1.54, 1.807) is 13.0 Å². The van der Waals surface area contributed by atoms with E-state index in [0.29, 0.717) is 21.4 Å². The minimum Gasteiger partial charge on any atom is -0.497 e. The Balaban J connectivity index is 1.78. The summed E-state index contributed by atoms with van der Waals surface area (Å²) in [5, 5.41) is 0.396. The molecule has 2 aromatic heterocycles. The summed E-state index contributed by atoms with van der Waals surface area (Å²) in [5.74, 6) is -4.02. The van der Waals surface area contributed by atoms with Gasteiger partial charge in [0.15, 0.2) is 6.17 Å². The van der Waals surface area contributed by atoms with Crippen molar-refractivity contribution in [1.82, 2.24) is 9.55 Å². The molecule has 166 valence electrons. The molecule has 0 bridgehead atoms. The van der Waals surface area contributed by atoms with Crippen LogP contribution in [0.4, 0.5) is 13.2 Å². The van der Waals surface area contributed by atoms with Crippen LogP contribution >= 0.6 is 11.3 Å². The number of nitrogens with one attached hydrogen (secondary N) is 1. The van der Waals surface area contributed by atoms with E-state index in [1.165, 1.54) is 23.0 Å². The maximum absolute atomic E-state index is 15.8. The summed E-state index contributed by atoms with van der Waals surface area (Å²) in [5.41, 5.74) is 5.43. The second-order valence-corrected chi connectivity index (χ2v) is 9.65. The molecule has 1 saturated carbocycles. The molecular formula is C21H22F3N3O3S. The lowest BCUT2D eigenvalue weighted by Gasteiger charge is -2.28. The number of aromatic nitrogens is 2. The maximum Gasteiger partial charge on any atom is 0.329 e. The van der Waals surface area contributed by atoms with Crippen LogP contribution in [0.5, 0.6) is 0 Å². The van der Waals surface area contributed by atoms with Gasteiger partial charge in [-0.25, -0.2) is 18.0 Å². The number of alkyl halides is 3. The van der Waals surface area contributed by atoms with Crippen LogP contribution in [-0.2, 0) is 11.2 Å². The first-order chi connectivity index (χ1) is 14.7. The topological polar surface area (TPSA) is 90.1 Å². The molecule has 0 spiro atoms. The van der Waals surface area contributed by atoms with Gasteiger partial charge in [-0.1, -0.05) is 0 Å². The zero-order chi connectivity index (χ0) is 22.2. The van der Waals surface area contributed by atoms with Gasteiger partial charge >= 0.3 is 5.69 Å². The van der Waals surface area contributed by atoms with Gasteiger partial charge in [-0.15, -0.1) is 11.3 Å². The van der Waals surface area contributed by atoms with Crippen LogP contribution in [0.1, 0.15) is 59.5 Å². The molecule has 3 atom stereocenters. The van der Waals surface area contributed by atoms with Crippen molar-refractivity contribution in [1.29, 1.82) is 0 Å². The fraction of sp³-hybridized carbons (Fsp3) is 0.524. The van der Waals surface area contributed by atoms with E-state index >= 15 is 4.39 Å². The van der Waals surface area contributed by atoms with Crippen LogP contribution in [0.25, 0.3) is 11.3 Å². The van der Waals surface area contributed by atoms with Gasteiger partial charge in [-0.3, -0.25) is 14.3 Å². The molecule has 2 heterocycles. The molecule has 1 fully saturated rings. The van der Waals surface area contributed by atoms with Gasteiger partial charge in [-0.05, 0) is 43.4 Å². The molecule has 0 radical (unpaired) electrons. The third kappa shape index (κ3) is 2.95. The fourth-order valence-electron chi connectivity index (χ4n) is 4.81. The second-order valence-electron chi connectivity index (χ2n) is 8.48. The molecule has 2 aromatic rings. The molecular weight excluding hydrogens is 431 g/mol. The number of fused-ring (bicyclic) bond motifs is 2. The highest BCUT2D eigenvalue weighted by atomic mass is 32.1. The van der Waals surface area contributed by atoms with Crippen molar-refractivity contribution in [2.45, 2.75) is 62.7 Å². The number of methoxy groups -OCH3 is 1.